The third kappa shape index (κ3) is 3.92. The Hall–Kier alpha value is -1.75. The molecule has 0 aliphatic heterocycles. The largest absolute Gasteiger partial charge is 0.504 e. The highest BCUT2D eigenvalue weighted by Gasteiger charge is 2.11. The molecule has 0 aliphatic rings. The zero-order valence-corrected chi connectivity index (χ0v) is 10.9. The highest BCUT2D eigenvalue weighted by atomic mass is 16.5. The molecule has 5 nitrogen and oxygen atoms in total. The molecule has 0 saturated heterocycles. The molecule has 5 heteroatoms. The summed E-state index contributed by atoms with van der Waals surface area (Å²) in [7, 11) is 2.87. The summed E-state index contributed by atoms with van der Waals surface area (Å²) in [5.41, 5.74) is 0.728. The molecule has 18 heavy (non-hydrogen) atoms. The van der Waals surface area contributed by atoms with E-state index >= 15 is 0 Å². The highest BCUT2D eigenvalue weighted by molar-refractivity contribution is 5.69. The van der Waals surface area contributed by atoms with Crippen molar-refractivity contribution >= 4 is 5.97 Å². The summed E-state index contributed by atoms with van der Waals surface area (Å²) in [4.78, 5) is 11.1. The van der Waals surface area contributed by atoms with Gasteiger partial charge in [0.05, 0.1) is 20.6 Å². The number of methoxy groups -OCH3 is 2. The number of esters is 1. The van der Waals surface area contributed by atoms with E-state index in [9.17, 15) is 9.90 Å². The molecule has 0 heterocycles. The summed E-state index contributed by atoms with van der Waals surface area (Å²) < 4.78 is 9.61. The number of phenolic OH excluding ortho intramolecular Hbond substituents is 1. The molecular weight excluding hydrogens is 234 g/mol. The molecule has 1 rings (SSSR count). The molecule has 1 aromatic rings. The lowest BCUT2D eigenvalue weighted by Gasteiger charge is -2.14. The monoisotopic (exact) mass is 253 g/mol. The van der Waals surface area contributed by atoms with Gasteiger partial charge in [0.1, 0.15) is 0 Å². The Bertz CT molecular complexity index is 406. The van der Waals surface area contributed by atoms with Crippen LogP contribution in [0, 0.1) is 0 Å². The summed E-state index contributed by atoms with van der Waals surface area (Å²) in [5.74, 6) is 0.303. The van der Waals surface area contributed by atoms with E-state index < -0.39 is 0 Å². The molecule has 0 aromatic heterocycles. The van der Waals surface area contributed by atoms with Crippen LogP contribution in [0.3, 0.4) is 0 Å². The van der Waals surface area contributed by atoms with Crippen molar-refractivity contribution in [3.05, 3.63) is 23.8 Å². The van der Waals surface area contributed by atoms with Crippen LogP contribution >= 0.6 is 0 Å². The van der Waals surface area contributed by atoms with E-state index in [0.29, 0.717) is 18.7 Å². The molecule has 1 unspecified atom stereocenters. The zero-order valence-electron chi connectivity index (χ0n) is 10.9. The highest BCUT2D eigenvalue weighted by Crippen LogP contribution is 2.29. The van der Waals surface area contributed by atoms with Crippen LogP contribution < -0.4 is 10.1 Å². The van der Waals surface area contributed by atoms with Gasteiger partial charge in [-0.2, -0.15) is 0 Å². The quantitative estimate of drug-likeness (QED) is 0.751. The zero-order chi connectivity index (χ0) is 13.5. The molecule has 100 valence electrons. The molecular formula is C13H19NO4. The third-order valence-electron chi connectivity index (χ3n) is 2.64. The number of hydrogen-bond acceptors (Lipinski definition) is 5. The van der Waals surface area contributed by atoms with Crippen molar-refractivity contribution in [1.82, 2.24) is 5.32 Å². The third-order valence-corrected chi connectivity index (χ3v) is 2.64. The summed E-state index contributed by atoms with van der Waals surface area (Å²) >= 11 is 0. The van der Waals surface area contributed by atoms with Gasteiger partial charge in [0.15, 0.2) is 11.5 Å². The van der Waals surface area contributed by atoms with Gasteiger partial charge in [0.2, 0.25) is 0 Å². The molecule has 0 radical (unpaired) electrons. The topological polar surface area (TPSA) is 67.8 Å². The van der Waals surface area contributed by atoms with E-state index in [4.69, 9.17) is 4.74 Å². The Kier molecular flexibility index (Phi) is 5.45. The van der Waals surface area contributed by atoms with Crippen LogP contribution in [0.25, 0.3) is 0 Å². The van der Waals surface area contributed by atoms with E-state index in [1.807, 2.05) is 6.92 Å². The van der Waals surface area contributed by atoms with Crippen LogP contribution in [-0.4, -0.2) is 31.3 Å². The van der Waals surface area contributed by atoms with E-state index in [-0.39, 0.29) is 17.8 Å². The van der Waals surface area contributed by atoms with Gasteiger partial charge in [0, 0.05) is 18.2 Å². The van der Waals surface area contributed by atoms with E-state index in [1.165, 1.54) is 14.2 Å². The molecule has 2 N–H and O–H groups in total. The number of nitrogens with one attached hydrogen (secondary N) is 1. The second kappa shape index (κ2) is 6.86. The first-order valence-electron chi connectivity index (χ1n) is 5.73. The fourth-order valence-corrected chi connectivity index (χ4v) is 1.56. The summed E-state index contributed by atoms with van der Waals surface area (Å²) in [5, 5.41) is 13.0. The lowest BCUT2D eigenvalue weighted by atomic mass is 10.1. The average Bonchev–Trinajstić information content (AvgIpc) is 2.37. The summed E-state index contributed by atoms with van der Waals surface area (Å²) in [6.07, 6.45) is 0.293. The van der Waals surface area contributed by atoms with Crippen LogP contribution in [0.4, 0.5) is 0 Å². The minimum absolute atomic E-state index is 0.0250. The number of ether oxygens (including phenoxy) is 2. The Morgan fingerprint density at radius 3 is 2.78 bits per heavy atom. The SMILES string of the molecule is COC(=O)CC(C)NCc1cccc(OC)c1O. The van der Waals surface area contributed by atoms with Crippen LogP contribution in [0.5, 0.6) is 11.5 Å². The predicted octanol–water partition coefficient (Wildman–Crippen LogP) is 1.44. The Labute approximate surface area is 107 Å². The minimum atomic E-state index is -0.259. The maximum Gasteiger partial charge on any atom is 0.307 e. The van der Waals surface area contributed by atoms with Gasteiger partial charge in [-0.25, -0.2) is 0 Å². The normalized spacial score (nSPS) is 11.9. The first-order valence-corrected chi connectivity index (χ1v) is 5.73. The van der Waals surface area contributed by atoms with Crippen molar-refractivity contribution < 1.29 is 19.4 Å². The Morgan fingerprint density at radius 2 is 2.17 bits per heavy atom. The van der Waals surface area contributed by atoms with Gasteiger partial charge in [-0.3, -0.25) is 4.79 Å². The maximum absolute atomic E-state index is 11.1. The summed E-state index contributed by atoms with van der Waals surface area (Å²) in [6, 6.07) is 5.27. The smallest absolute Gasteiger partial charge is 0.307 e. The van der Waals surface area contributed by atoms with Gasteiger partial charge in [-0.1, -0.05) is 12.1 Å². The van der Waals surface area contributed by atoms with Crippen molar-refractivity contribution in [2.45, 2.75) is 25.9 Å². The fraction of sp³-hybridized carbons (Fsp3) is 0.462. The van der Waals surface area contributed by atoms with Crippen LogP contribution in [0.1, 0.15) is 18.9 Å². The number of carbonyl (C=O) groups excluding carboxylic acids is 1. The predicted molar refractivity (Wildman–Crippen MR) is 67.6 cm³/mol. The number of para-hydroxylation sites is 1. The maximum atomic E-state index is 11.1. The van der Waals surface area contributed by atoms with Gasteiger partial charge in [-0.05, 0) is 13.0 Å². The van der Waals surface area contributed by atoms with Gasteiger partial charge in [-0.15, -0.1) is 0 Å². The second-order valence-corrected chi connectivity index (χ2v) is 4.03. The minimum Gasteiger partial charge on any atom is -0.504 e. The van der Waals surface area contributed by atoms with E-state index in [0.717, 1.165) is 5.56 Å². The summed E-state index contributed by atoms with van der Waals surface area (Å²) in [6.45, 7) is 2.34. The number of carbonyl (C=O) groups is 1. The standard InChI is InChI=1S/C13H19NO4/c1-9(7-12(15)18-3)14-8-10-5-4-6-11(17-2)13(10)16/h4-6,9,14,16H,7-8H2,1-3H3. The van der Waals surface area contributed by atoms with Crippen molar-refractivity contribution in [3.63, 3.8) is 0 Å². The fourth-order valence-electron chi connectivity index (χ4n) is 1.56. The Morgan fingerprint density at radius 1 is 1.44 bits per heavy atom. The molecule has 0 fully saturated rings. The van der Waals surface area contributed by atoms with Crippen molar-refractivity contribution in [2.75, 3.05) is 14.2 Å². The van der Waals surface area contributed by atoms with Crippen molar-refractivity contribution in [3.8, 4) is 11.5 Å². The number of aromatic hydroxyl groups is 1. The van der Waals surface area contributed by atoms with Gasteiger partial charge in [0.25, 0.3) is 0 Å². The van der Waals surface area contributed by atoms with E-state index in [2.05, 4.69) is 10.1 Å². The number of benzene rings is 1. The van der Waals surface area contributed by atoms with Gasteiger partial charge < -0.3 is 19.9 Å². The lowest BCUT2D eigenvalue weighted by molar-refractivity contribution is -0.141. The number of rotatable bonds is 6. The molecule has 1 aromatic carbocycles. The molecule has 0 amide bonds. The first kappa shape index (κ1) is 14.3. The lowest BCUT2D eigenvalue weighted by Crippen LogP contribution is -2.28. The van der Waals surface area contributed by atoms with Crippen LogP contribution in [-0.2, 0) is 16.1 Å². The second-order valence-electron chi connectivity index (χ2n) is 4.03. The molecule has 0 spiro atoms. The Balaban J connectivity index is 2.55. The molecule has 0 aliphatic carbocycles. The van der Waals surface area contributed by atoms with Crippen molar-refractivity contribution in [2.24, 2.45) is 0 Å². The van der Waals surface area contributed by atoms with Crippen molar-refractivity contribution in [1.29, 1.82) is 0 Å². The van der Waals surface area contributed by atoms with Crippen LogP contribution in [0.15, 0.2) is 18.2 Å². The van der Waals surface area contributed by atoms with Crippen LogP contribution in [0.2, 0.25) is 0 Å². The molecule has 0 saturated carbocycles. The molecule has 0 bridgehead atoms. The van der Waals surface area contributed by atoms with E-state index in [1.54, 1.807) is 18.2 Å². The molecule has 1 atom stereocenters. The number of phenols is 1. The van der Waals surface area contributed by atoms with Gasteiger partial charge >= 0.3 is 5.97 Å². The average molecular weight is 253 g/mol. The first-order chi connectivity index (χ1) is 8.58. The number of hydrogen-bond donors (Lipinski definition) is 2.